The third-order valence-electron chi connectivity index (χ3n) is 3.56. The van der Waals surface area contributed by atoms with E-state index in [1.165, 1.54) is 0 Å². The van der Waals surface area contributed by atoms with E-state index in [1.807, 2.05) is 11.8 Å². The highest BCUT2D eigenvalue weighted by molar-refractivity contribution is 5.99. The first-order valence-electron chi connectivity index (χ1n) is 7.52. The molecule has 0 aliphatic carbocycles. The first-order valence-corrected chi connectivity index (χ1v) is 7.52. The molecule has 6 heteroatoms. The predicted octanol–water partition coefficient (Wildman–Crippen LogP) is 1.68. The number of hydrogen-bond donors (Lipinski definition) is 2. The van der Waals surface area contributed by atoms with E-state index in [1.54, 1.807) is 24.3 Å². The van der Waals surface area contributed by atoms with Gasteiger partial charge in [0.15, 0.2) is 0 Å². The Balaban J connectivity index is 0.00000242. The molecule has 1 heterocycles. The molecule has 1 atom stereocenters. The van der Waals surface area contributed by atoms with Crippen molar-refractivity contribution >= 4 is 24.2 Å². The van der Waals surface area contributed by atoms with Gasteiger partial charge < -0.3 is 15.5 Å². The Bertz CT molecular complexity index is 522. The number of benzene rings is 1. The topological polar surface area (TPSA) is 61.4 Å². The van der Waals surface area contributed by atoms with Crippen molar-refractivity contribution < 1.29 is 9.59 Å². The van der Waals surface area contributed by atoms with Crippen LogP contribution in [0.4, 0.5) is 0 Å². The van der Waals surface area contributed by atoms with Crippen molar-refractivity contribution in [1.82, 2.24) is 15.5 Å². The standard InChI is InChI=1S/C16H23N3O2.ClH/c1-3-7-18-15(20)13-5-4-6-14(10-13)16(21)19-9-8-17-12(2)11-19;/h4-6,10,12,17H,3,7-9,11H2,1-2H3,(H,18,20);1H. The molecule has 1 aliphatic rings. The van der Waals surface area contributed by atoms with Crippen LogP contribution in [0, 0.1) is 0 Å². The van der Waals surface area contributed by atoms with Crippen molar-refractivity contribution in [2.24, 2.45) is 0 Å². The molecule has 0 saturated carbocycles. The van der Waals surface area contributed by atoms with Gasteiger partial charge in [0.05, 0.1) is 0 Å². The minimum absolute atomic E-state index is 0. The maximum Gasteiger partial charge on any atom is 0.253 e. The van der Waals surface area contributed by atoms with Crippen LogP contribution < -0.4 is 10.6 Å². The highest BCUT2D eigenvalue weighted by Crippen LogP contribution is 2.10. The molecular weight excluding hydrogens is 302 g/mol. The monoisotopic (exact) mass is 325 g/mol. The summed E-state index contributed by atoms with van der Waals surface area (Å²) in [7, 11) is 0. The number of piperazine rings is 1. The first kappa shape index (κ1) is 18.5. The third-order valence-corrected chi connectivity index (χ3v) is 3.56. The zero-order valence-corrected chi connectivity index (χ0v) is 13.9. The van der Waals surface area contributed by atoms with Crippen LogP contribution in [0.5, 0.6) is 0 Å². The van der Waals surface area contributed by atoms with Gasteiger partial charge in [0, 0.05) is 43.3 Å². The van der Waals surface area contributed by atoms with Gasteiger partial charge in [-0.1, -0.05) is 13.0 Å². The largest absolute Gasteiger partial charge is 0.352 e. The summed E-state index contributed by atoms with van der Waals surface area (Å²) in [5, 5.41) is 6.14. The fraction of sp³-hybridized carbons (Fsp3) is 0.500. The highest BCUT2D eigenvalue weighted by Gasteiger charge is 2.22. The van der Waals surface area contributed by atoms with E-state index in [0.717, 1.165) is 13.0 Å². The Morgan fingerprint density at radius 2 is 2.09 bits per heavy atom. The van der Waals surface area contributed by atoms with E-state index in [9.17, 15) is 9.59 Å². The molecule has 122 valence electrons. The van der Waals surface area contributed by atoms with Crippen LogP contribution in [0.3, 0.4) is 0 Å². The summed E-state index contributed by atoms with van der Waals surface area (Å²) >= 11 is 0. The molecule has 1 aliphatic heterocycles. The van der Waals surface area contributed by atoms with Crippen LogP contribution in [-0.2, 0) is 0 Å². The molecule has 5 nitrogen and oxygen atoms in total. The summed E-state index contributed by atoms with van der Waals surface area (Å²) in [6.07, 6.45) is 0.892. The Kier molecular flexibility index (Phi) is 7.35. The molecule has 1 unspecified atom stereocenters. The summed E-state index contributed by atoms with van der Waals surface area (Å²) in [4.78, 5) is 26.3. The van der Waals surface area contributed by atoms with Gasteiger partial charge in [0.1, 0.15) is 0 Å². The van der Waals surface area contributed by atoms with Gasteiger partial charge in [-0.3, -0.25) is 9.59 Å². The number of nitrogens with one attached hydrogen (secondary N) is 2. The smallest absolute Gasteiger partial charge is 0.253 e. The number of carbonyl (C=O) groups is 2. The second-order valence-corrected chi connectivity index (χ2v) is 5.44. The molecule has 2 N–H and O–H groups in total. The average Bonchev–Trinajstić information content (AvgIpc) is 2.52. The number of carbonyl (C=O) groups excluding carboxylic acids is 2. The van der Waals surface area contributed by atoms with Gasteiger partial charge >= 0.3 is 0 Å². The second kappa shape index (κ2) is 8.76. The zero-order valence-electron chi connectivity index (χ0n) is 13.1. The average molecular weight is 326 g/mol. The quantitative estimate of drug-likeness (QED) is 0.885. The van der Waals surface area contributed by atoms with Gasteiger partial charge in [-0.15, -0.1) is 12.4 Å². The number of nitrogens with zero attached hydrogens (tertiary/aromatic N) is 1. The predicted molar refractivity (Wildman–Crippen MR) is 89.7 cm³/mol. The Hall–Kier alpha value is -1.59. The van der Waals surface area contributed by atoms with Gasteiger partial charge in [-0.2, -0.15) is 0 Å². The summed E-state index contributed by atoms with van der Waals surface area (Å²) < 4.78 is 0. The van der Waals surface area contributed by atoms with Gasteiger partial charge in [-0.25, -0.2) is 0 Å². The molecular formula is C16H24ClN3O2. The van der Waals surface area contributed by atoms with Crippen LogP contribution in [0.1, 0.15) is 41.0 Å². The number of amides is 2. The lowest BCUT2D eigenvalue weighted by molar-refractivity contribution is 0.0709. The van der Waals surface area contributed by atoms with E-state index in [-0.39, 0.29) is 24.2 Å². The van der Waals surface area contributed by atoms with Crippen LogP contribution in [0.15, 0.2) is 24.3 Å². The lowest BCUT2D eigenvalue weighted by Crippen LogP contribution is -2.51. The van der Waals surface area contributed by atoms with Crippen molar-refractivity contribution in [3.63, 3.8) is 0 Å². The van der Waals surface area contributed by atoms with Crippen molar-refractivity contribution in [3.05, 3.63) is 35.4 Å². The molecule has 1 saturated heterocycles. The molecule has 2 amide bonds. The van der Waals surface area contributed by atoms with E-state index < -0.39 is 0 Å². The molecule has 1 aromatic carbocycles. The summed E-state index contributed by atoms with van der Waals surface area (Å²) in [5.74, 6) is -0.131. The van der Waals surface area contributed by atoms with E-state index in [4.69, 9.17) is 0 Å². The number of halogens is 1. The zero-order chi connectivity index (χ0) is 15.2. The van der Waals surface area contributed by atoms with E-state index in [0.29, 0.717) is 36.8 Å². The van der Waals surface area contributed by atoms with Crippen molar-refractivity contribution in [3.8, 4) is 0 Å². The summed E-state index contributed by atoms with van der Waals surface area (Å²) in [5.41, 5.74) is 1.12. The fourth-order valence-electron chi connectivity index (χ4n) is 2.43. The summed E-state index contributed by atoms with van der Waals surface area (Å²) in [6.45, 7) is 6.93. The van der Waals surface area contributed by atoms with Crippen LogP contribution >= 0.6 is 12.4 Å². The van der Waals surface area contributed by atoms with E-state index >= 15 is 0 Å². The summed E-state index contributed by atoms with van der Waals surface area (Å²) in [6, 6.07) is 7.26. The maximum absolute atomic E-state index is 12.5. The van der Waals surface area contributed by atoms with Gasteiger partial charge in [0.25, 0.3) is 11.8 Å². The number of rotatable bonds is 4. The minimum Gasteiger partial charge on any atom is -0.352 e. The van der Waals surface area contributed by atoms with Crippen LogP contribution in [-0.4, -0.2) is 48.9 Å². The Morgan fingerprint density at radius 3 is 2.77 bits per heavy atom. The number of hydrogen-bond acceptors (Lipinski definition) is 3. The lowest BCUT2D eigenvalue weighted by atomic mass is 10.1. The highest BCUT2D eigenvalue weighted by atomic mass is 35.5. The van der Waals surface area contributed by atoms with Crippen LogP contribution in [0.2, 0.25) is 0 Å². The molecule has 0 spiro atoms. The normalized spacial score (nSPS) is 17.5. The van der Waals surface area contributed by atoms with Crippen molar-refractivity contribution in [2.45, 2.75) is 26.3 Å². The first-order chi connectivity index (χ1) is 10.1. The van der Waals surface area contributed by atoms with E-state index in [2.05, 4.69) is 17.6 Å². The molecule has 0 aromatic heterocycles. The maximum atomic E-state index is 12.5. The Labute approximate surface area is 137 Å². The molecule has 2 rings (SSSR count). The SMILES string of the molecule is CCCNC(=O)c1cccc(C(=O)N2CCNC(C)C2)c1.Cl. The minimum atomic E-state index is -0.125. The van der Waals surface area contributed by atoms with Crippen LogP contribution in [0.25, 0.3) is 0 Å². The van der Waals surface area contributed by atoms with Gasteiger partial charge in [-0.05, 0) is 31.5 Å². The molecule has 0 radical (unpaired) electrons. The fourth-order valence-corrected chi connectivity index (χ4v) is 2.43. The molecule has 1 fully saturated rings. The van der Waals surface area contributed by atoms with Gasteiger partial charge in [0.2, 0.25) is 0 Å². The lowest BCUT2D eigenvalue weighted by Gasteiger charge is -2.32. The van der Waals surface area contributed by atoms with Crippen molar-refractivity contribution in [1.29, 1.82) is 0 Å². The molecule has 1 aromatic rings. The molecule has 22 heavy (non-hydrogen) atoms. The second-order valence-electron chi connectivity index (χ2n) is 5.44. The molecule has 0 bridgehead atoms. The Morgan fingerprint density at radius 1 is 1.36 bits per heavy atom. The van der Waals surface area contributed by atoms with Crippen molar-refractivity contribution in [2.75, 3.05) is 26.2 Å². The third kappa shape index (κ3) is 4.71.